The molecule has 37 heavy (non-hydrogen) atoms. The van der Waals surface area contributed by atoms with E-state index in [1.165, 1.54) is 0 Å². The van der Waals surface area contributed by atoms with Gasteiger partial charge in [0.15, 0.2) is 0 Å². The molecule has 0 saturated carbocycles. The first-order chi connectivity index (χ1) is 17.8. The highest BCUT2D eigenvalue weighted by Crippen LogP contribution is 2.36. The SMILES string of the molecule is CCc1noc(C)c1C(=O)N1CCC[C@](COc2cccc(Cl)c2)(CC(=O)N(C)Cc2ccccc2)C1. The minimum Gasteiger partial charge on any atom is -0.493 e. The van der Waals surface area contributed by atoms with Gasteiger partial charge in [-0.25, -0.2) is 0 Å². The lowest BCUT2D eigenvalue weighted by Gasteiger charge is -2.43. The molecule has 1 aliphatic heterocycles. The summed E-state index contributed by atoms with van der Waals surface area (Å²) < 4.78 is 11.5. The van der Waals surface area contributed by atoms with Gasteiger partial charge in [-0.3, -0.25) is 9.59 Å². The number of aromatic nitrogens is 1. The molecule has 0 radical (unpaired) electrons. The summed E-state index contributed by atoms with van der Waals surface area (Å²) in [5, 5.41) is 4.65. The van der Waals surface area contributed by atoms with Crippen molar-refractivity contribution in [1.29, 1.82) is 0 Å². The number of amides is 2. The first kappa shape index (κ1) is 26.7. The molecule has 196 valence electrons. The Bertz CT molecular complexity index is 1230. The molecule has 0 unspecified atom stereocenters. The fraction of sp³-hybridized carbons (Fsp3) is 0.414. The second-order valence-corrected chi connectivity index (χ2v) is 10.3. The minimum atomic E-state index is -0.546. The van der Waals surface area contributed by atoms with Crippen molar-refractivity contribution in [3.8, 4) is 5.75 Å². The predicted molar refractivity (Wildman–Crippen MR) is 143 cm³/mol. The lowest BCUT2D eigenvalue weighted by atomic mass is 9.77. The molecule has 3 aromatic rings. The standard InChI is InChI=1S/C29H34ClN3O4/c1-4-25-27(21(2)37-31-25)28(35)33-15-9-14-29(19-33,20-36-24-13-8-12-23(30)16-24)17-26(34)32(3)18-22-10-6-5-7-11-22/h5-8,10-13,16H,4,9,14-15,17-20H2,1-3H3/t29-/m0/s1. The zero-order valence-corrected chi connectivity index (χ0v) is 22.5. The largest absolute Gasteiger partial charge is 0.493 e. The Kier molecular flexibility index (Phi) is 8.54. The van der Waals surface area contributed by atoms with E-state index in [1.807, 2.05) is 61.3 Å². The van der Waals surface area contributed by atoms with E-state index in [2.05, 4.69) is 5.16 Å². The Balaban J connectivity index is 1.55. The number of ether oxygens (including phenoxy) is 1. The van der Waals surface area contributed by atoms with E-state index in [-0.39, 0.29) is 18.2 Å². The number of halogens is 1. The monoisotopic (exact) mass is 523 g/mol. The van der Waals surface area contributed by atoms with Gasteiger partial charge >= 0.3 is 0 Å². The first-order valence-electron chi connectivity index (χ1n) is 12.7. The summed E-state index contributed by atoms with van der Waals surface area (Å²) in [6.07, 6.45) is 2.42. The zero-order valence-electron chi connectivity index (χ0n) is 21.7. The van der Waals surface area contributed by atoms with E-state index >= 15 is 0 Å². The van der Waals surface area contributed by atoms with Gasteiger partial charge in [0.1, 0.15) is 17.1 Å². The zero-order chi connectivity index (χ0) is 26.4. The number of piperidine rings is 1. The van der Waals surface area contributed by atoms with Crippen molar-refractivity contribution in [2.75, 3.05) is 26.7 Å². The van der Waals surface area contributed by atoms with Crippen LogP contribution in [0, 0.1) is 12.3 Å². The van der Waals surface area contributed by atoms with Gasteiger partial charge in [0.05, 0.1) is 12.3 Å². The van der Waals surface area contributed by atoms with Crippen LogP contribution in [0.25, 0.3) is 0 Å². The van der Waals surface area contributed by atoms with Crippen LogP contribution in [0.15, 0.2) is 59.1 Å². The van der Waals surface area contributed by atoms with Crippen molar-refractivity contribution in [3.63, 3.8) is 0 Å². The fourth-order valence-electron chi connectivity index (χ4n) is 4.98. The maximum atomic E-state index is 13.6. The normalized spacial score (nSPS) is 17.5. The number of rotatable bonds is 9. The number of hydrogen-bond acceptors (Lipinski definition) is 5. The summed E-state index contributed by atoms with van der Waals surface area (Å²) in [4.78, 5) is 30.6. The lowest BCUT2D eigenvalue weighted by Crippen LogP contribution is -2.51. The van der Waals surface area contributed by atoms with E-state index in [4.69, 9.17) is 20.9 Å². The van der Waals surface area contributed by atoms with Crippen molar-refractivity contribution in [2.45, 2.75) is 46.1 Å². The van der Waals surface area contributed by atoms with Gasteiger partial charge in [0.25, 0.3) is 5.91 Å². The molecule has 8 heteroatoms. The molecule has 1 aliphatic rings. The Morgan fingerprint density at radius 1 is 1.19 bits per heavy atom. The number of benzene rings is 2. The molecule has 0 spiro atoms. The summed E-state index contributed by atoms with van der Waals surface area (Å²) in [5.74, 6) is 1.08. The number of aryl methyl sites for hydroxylation is 2. The molecule has 1 fully saturated rings. The topological polar surface area (TPSA) is 75.9 Å². The van der Waals surface area contributed by atoms with Gasteiger partial charge in [0.2, 0.25) is 5.91 Å². The Morgan fingerprint density at radius 2 is 1.97 bits per heavy atom. The Hall–Kier alpha value is -3.32. The van der Waals surface area contributed by atoms with Gasteiger partial charge in [-0.15, -0.1) is 0 Å². The van der Waals surface area contributed by atoms with Crippen LogP contribution in [0.5, 0.6) is 5.75 Å². The quantitative estimate of drug-likeness (QED) is 0.367. The third-order valence-electron chi connectivity index (χ3n) is 6.99. The summed E-state index contributed by atoms with van der Waals surface area (Å²) in [6.45, 7) is 5.55. The van der Waals surface area contributed by atoms with Crippen LogP contribution in [0.4, 0.5) is 0 Å². The van der Waals surface area contributed by atoms with Crippen molar-refractivity contribution in [3.05, 3.63) is 82.2 Å². The second-order valence-electron chi connectivity index (χ2n) is 9.90. The molecular formula is C29H34ClN3O4. The van der Waals surface area contributed by atoms with Crippen molar-refractivity contribution < 1.29 is 18.8 Å². The van der Waals surface area contributed by atoms with Crippen LogP contribution in [-0.2, 0) is 17.8 Å². The first-order valence-corrected chi connectivity index (χ1v) is 13.1. The molecular weight excluding hydrogens is 490 g/mol. The maximum absolute atomic E-state index is 13.6. The van der Waals surface area contributed by atoms with Gasteiger partial charge in [-0.2, -0.15) is 0 Å². The van der Waals surface area contributed by atoms with E-state index in [0.29, 0.717) is 60.5 Å². The average Bonchev–Trinajstić information content (AvgIpc) is 3.28. The average molecular weight is 524 g/mol. The third-order valence-corrected chi connectivity index (χ3v) is 7.22. The molecule has 0 N–H and O–H groups in total. The molecule has 2 aromatic carbocycles. The molecule has 0 bridgehead atoms. The fourth-order valence-corrected chi connectivity index (χ4v) is 5.16. The van der Waals surface area contributed by atoms with Crippen LogP contribution in [0.1, 0.15) is 53.6 Å². The van der Waals surface area contributed by atoms with Crippen LogP contribution in [-0.4, -0.2) is 53.5 Å². The van der Waals surface area contributed by atoms with Crippen molar-refractivity contribution in [2.24, 2.45) is 5.41 Å². The highest BCUT2D eigenvalue weighted by Gasteiger charge is 2.41. The van der Waals surface area contributed by atoms with Crippen molar-refractivity contribution >= 4 is 23.4 Å². The van der Waals surface area contributed by atoms with Crippen LogP contribution in [0.3, 0.4) is 0 Å². The number of likely N-dealkylation sites (tertiary alicyclic amines) is 1. The molecule has 1 aromatic heterocycles. The number of hydrogen-bond donors (Lipinski definition) is 0. The van der Waals surface area contributed by atoms with Crippen LogP contribution < -0.4 is 4.74 Å². The lowest BCUT2D eigenvalue weighted by molar-refractivity contribution is -0.134. The van der Waals surface area contributed by atoms with Crippen molar-refractivity contribution in [1.82, 2.24) is 15.0 Å². The van der Waals surface area contributed by atoms with E-state index in [1.54, 1.807) is 24.0 Å². The van der Waals surface area contributed by atoms with Gasteiger partial charge < -0.3 is 19.1 Å². The Morgan fingerprint density at radius 3 is 2.70 bits per heavy atom. The minimum absolute atomic E-state index is 0.0169. The molecule has 2 amide bonds. The number of carbonyl (C=O) groups excluding carboxylic acids is 2. The van der Waals surface area contributed by atoms with E-state index in [9.17, 15) is 9.59 Å². The van der Waals surface area contributed by atoms with Crippen LogP contribution in [0.2, 0.25) is 5.02 Å². The van der Waals surface area contributed by atoms with Gasteiger partial charge in [0, 0.05) is 43.5 Å². The molecule has 4 rings (SSSR count). The summed E-state index contributed by atoms with van der Waals surface area (Å²) in [7, 11) is 1.82. The second kappa shape index (κ2) is 11.8. The molecule has 0 aliphatic carbocycles. The number of carbonyl (C=O) groups is 2. The summed E-state index contributed by atoms with van der Waals surface area (Å²) >= 11 is 6.16. The van der Waals surface area contributed by atoms with E-state index < -0.39 is 5.41 Å². The number of nitrogens with zero attached hydrogens (tertiary/aromatic N) is 3. The van der Waals surface area contributed by atoms with Gasteiger partial charge in [-0.1, -0.05) is 60.1 Å². The maximum Gasteiger partial charge on any atom is 0.259 e. The molecule has 2 heterocycles. The Labute approximate surface area is 223 Å². The van der Waals surface area contributed by atoms with Crippen LogP contribution >= 0.6 is 11.6 Å². The predicted octanol–water partition coefficient (Wildman–Crippen LogP) is 5.55. The highest BCUT2D eigenvalue weighted by molar-refractivity contribution is 6.30. The smallest absolute Gasteiger partial charge is 0.259 e. The highest BCUT2D eigenvalue weighted by atomic mass is 35.5. The molecule has 7 nitrogen and oxygen atoms in total. The third kappa shape index (κ3) is 6.52. The molecule has 1 atom stereocenters. The summed E-state index contributed by atoms with van der Waals surface area (Å²) in [6, 6.07) is 17.2. The van der Waals surface area contributed by atoms with E-state index in [0.717, 1.165) is 18.4 Å². The summed E-state index contributed by atoms with van der Waals surface area (Å²) in [5.41, 5.74) is 1.71. The van der Waals surface area contributed by atoms with Gasteiger partial charge in [-0.05, 0) is 49.9 Å². The molecule has 1 saturated heterocycles.